The number of esters is 2. The van der Waals surface area contributed by atoms with Crippen LogP contribution in [0.2, 0.25) is 0 Å². The number of benzene rings is 1. The Balaban J connectivity index is 2.17. The van der Waals surface area contributed by atoms with Crippen LogP contribution >= 0.6 is 0 Å². The lowest BCUT2D eigenvalue weighted by atomic mass is 9.69. The minimum atomic E-state index is -0.934. The number of ether oxygens (including phenoxy) is 2. The molecule has 1 heterocycles. The zero-order valence-electron chi connectivity index (χ0n) is 17.8. The van der Waals surface area contributed by atoms with Crippen LogP contribution in [-0.4, -0.2) is 36.0 Å². The van der Waals surface area contributed by atoms with Crippen molar-refractivity contribution in [3.05, 3.63) is 52.4 Å². The quantitative estimate of drug-likeness (QED) is 0.578. The largest absolute Gasteiger partial charge is 0.508 e. The summed E-state index contributed by atoms with van der Waals surface area (Å²) in [6.07, 6.45) is 0.137. The van der Waals surface area contributed by atoms with Crippen LogP contribution < -0.4 is 5.32 Å². The molecule has 2 aliphatic rings. The molecule has 160 valence electrons. The van der Waals surface area contributed by atoms with Crippen LogP contribution in [0, 0.1) is 11.8 Å². The summed E-state index contributed by atoms with van der Waals surface area (Å²) in [5.41, 5.74) is 2.65. The number of carbonyl (C=O) groups excluding carboxylic acids is 3. The molecule has 7 nitrogen and oxygen atoms in total. The van der Waals surface area contributed by atoms with E-state index in [4.69, 9.17) is 9.47 Å². The minimum absolute atomic E-state index is 0.0740. The molecule has 0 bridgehead atoms. The summed E-state index contributed by atoms with van der Waals surface area (Å²) in [5, 5.41) is 12.9. The fourth-order valence-electron chi connectivity index (χ4n) is 4.23. The monoisotopic (exact) mass is 413 g/mol. The van der Waals surface area contributed by atoms with Gasteiger partial charge in [-0.15, -0.1) is 0 Å². The third kappa shape index (κ3) is 3.84. The van der Waals surface area contributed by atoms with Crippen LogP contribution in [0.4, 0.5) is 0 Å². The molecular weight excluding hydrogens is 386 g/mol. The van der Waals surface area contributed by atoms with Gasteiger partial charge in [0.05, 0.1) is 18.8 Å². The van der Waals surface area contributed by atoms with E-state index in [0.29, 0.717) is 34.5 Å². The summed E-state index contributed by atoms with van der Waals surface area (Å²) in [4.78, 5) is 38.8. The van der Waals surface area contributed by atoms with Gasteiger partial charge in [0.15, 0.2) is 5.78 Å². The van der Waals surface area contributed by atoms with Gasteiger partial charge in [-0.25, -0.2) is 4.79 Å². The standard InChI is InChI=1S/C23H27NO6/c1-11(2)30-23(28)18-13(4)24-16-10-12(3)17(22(27)29-5)21(26)20(16)19(18)14-6-8-15(25)9-7-14/h6-9,11-12,17,19,24-25H,10H2,1-5H3. The molecule has 0 fully saturated rings. The van der Waals surface area contributed by atoms with Crippen molar-refractivity contribution in [2.75, 3.05) is 7.11 Å². The molecule has 30 heavy (non-hydrogen) atoms. The Hall–Kier alpha value is -3.09. The van der Waals surface area contributed by atoms with Gasteiger partial charge in [-0.05, 0) is 50.8 Å². The van der Waals surface area contributed by atoms with Crippen molar-refractivity contribution in [1.82, 2.24) is 5.32 Å². The number of hydrogen-bond donors (Lipinski definition) is 2. The van der Waals surface area contributed by atoms with Crippen molar-refractivity contribution in [1.29, 1.82) is 0 Å². The SMILES string of the molecule is COC(=O)C1C(=O)C2=C(CC1C)NC(C)=C(C(=O)OC(C)C)C2c1ccc(O)cc1. The van der Waals surface area contributed by atoms with Crippen molar-refractivity contribution in [2.24, 2.45) is 11.8 Å². The molecule has 3 atom stereocenters. The Morgan fingerprint density at radius 3 is 2.40 bits per heavy atom. The highest BCUT2D eigenvalue weighted by Gasteiger charge is 2.47. The lowest BCUT2D eigenvalue weighted by Gasteiger charge is -2.38. The molecule has 0 radical (unpaired) electrons. The third-order valence-corrected chi connectivity index (χ3v) is 5.53. The number of dihydropyridines is 1. The van der Waals surface area contributed by atoms with Crippen molar-refractivity contribution < 1.29 is 29.0 Å². The van der Waals surface area contributed by atoms with E-state index >= 15 is 0 Å². The Morgan fingerprint density at radius 2 is 1.83 bits per heavy atom. The van der Waals surface area contributed by atoms with Crippen LogP contribution in [0.15, 0.2) is 46.8 Å². The molecule has 1 aromatic rings. The Labute approximate surface area is 175 Å². The second kappa shape index (κ2) is 8.34. The topological polar surface area (TPSA) is 102 Å². The van der Waals surface area contributed by atoms with Crippen molar-refractivity contribution in [3.8, 4) is 5.75 Å². The summed E-state index contributed by atoms with van der Waals surface area (Å²) in [7, 11) is 1.26. The number of carbonyl (C=O) groups is 3. The number of nitrogens with one attached hydrogen (secondary N) is 1. The molecule has 0 spiro atoms. The third-order valence-electron chi connectivity index (χ3n) is 5.53. The van der Waals surface area contributed by atoms with Gasteiger partial charge in [0, 0.05) is 22.9 Å². The Bertz CT molecular complexity index is 941. The molecular formula is C23H27NO6. The number of Topliss-reactive ketones (excluding diaryl/α,β-unsaturated/α-hetero) is 1. The van der Waals surface area contributed by atoms with Crippen molar-refractivity contribution >= 4 is 17.7 Å². The first kappa shape index (κ1) is 21.6. The molecule has 1 aromatic carbocycles. The number of ketones is 1. The Morgan fingerprint density at radius 1 is 1.20 bits per heavy atom. The van der Waals surface area contributed by atoms with Gasteiger partial charge < -0.3 is 19.9 Å². The maximum atomic E-state index is 13.5. The van der Waals surface area contributed by atoms with E-state index in [1.165, 1.54) is 19.2 Å². The Kier molecular flexibility index (Phi) is 6.01. The summed E-state index contributed by atoms with van der Waals surface area (Å²) >= 11 is 0. The molecule has 0 amide bonds. The van der Waals surface area contributed by atoms with Crippen LogP contribution in [0.3, 0.4) is 0 Å². The maximum absolute atomic E-state index is 13.5. The fourth-order valence-corrected chi connectivity index (χ4v) is 4.23. The lowest BCUT2D eigenvalue weighted by molar-refractivity contribution is -0.151. The minimum Gasteiger partial charge on any atom is -0.508 e. The second-order valence-corrected chi connectivity index (χ2v) is 8.08. The predicted octanol–water partition coefficient (Wildman–Crippen LogP) is 2.96. The highest BCUT2D eigenvalue weighted by molar-refractivity contribution is 6.12. The van der Waals surface area contributed by atoms with Gasteiger partial charge >= 0.3 is 11.9 Å². The average Bonchev–Trinajstić information content (AvgIpc) is 2.66. The fraction of sp³-hybridized carbons (Fsp3) is 0.435. The molecule has 3 rings (SSSR count). The number of hydrogen-bond acceptors (Lipinski definition) is 7. The zero-order valence-corrected chi connectivity index (χ0v) is 17.8. The maximum Gasteiger partial charge on any atom is 0.337 e. The molecule has 1 aliphatic heterocycles. The van der Waals surface area contributed by atoms with Gasteiger partial charge in [0.1, 0.15) is 11.7 Å². The molecule has 0 saturated heterocycles. The van der Waals surface area contributed by atoms with Gasteiger partial charge in [-0.3, -0.25) is 9.59 Å². The number of rotatable bonds is 4. The molecule has 3 unspecified atom stereocenters. The first-order chi connectivity index (χ1) is 14.1. The first-order valence-electron chi connectivity index (χ1n) is 9.98. The molecule has 1 aliphatic carbocycles. The number of phenolic OH excluding ortho intramolecular Hbond substituents is 1. The van der Waals surface area contributed by atoms with E-state index in [1.807, 2.05) is 6.92 Å². The average molecular weight is 413 g/mol. The van der Waals surface area contributed by atoms with Crippen LogP contribution in [0.1, 0.15) is 45.6 Å². The summed E-state index contributed by atoms with van der Waals surface area (Å²) < 4.78 is 10.3. The van der Waals surface area contributed by atoms with E-state index in [9.17, 15) is 19.5 Å². The van der Waals surface area contributed by atoms with Crippen LogP contribution in [-0.2, 0) is 23.9 Å². The van der Waals surface area contributed by atoms with Crippen molar-refractivity contribution in [3.63, 3.8) is 0 Å². The van der Waals surface area contributed by atoms with E-state index in [1.54, 1.807) is 32.9 Å². The molecule has 7 heteroatoms. The van der Waals surface area contributed by atoms with Gasteiger partial charge in [-0.2, -0.15) is 0 Å². The normalized spacial score (nSPS) is 23.8. The van der Waals surface area contributed by atoms with Gasteiger partial charge in [0.25, 0.3) is 0 Å². The summed E-state index contributed by atoms with van der Waals surface area (Å²) in [5.74, 6) is -3.28. The lowest BCUT2D eigenvalue weighted by Crippen LogP contribution is -2.43. The number of methoxy groups -OCH3 is 1. The van der Waals surface area contributed by atoms with Crippen molar-refractivity contribution in [2.45, 2.75) is 46.1 Å². The van der Waals surface area contributed by atoms with Gasteiger partial charge in [-0.1, -0.05) is 19.1 Å². The summed E-state index contributed by atoms with van der Waals surface area (Å²) in [6, 6.07) is 6.35. The highest BCUT2D eigenvalue weighted by atomic mass is 16.5. The number of allylic oxidation sites excluding steroid dienone is 3. The second-order valence-electron chi connectivity index (χ2n) is 8.08. The first-order valence-corrected chi connectivity index (χ1v) is 9.98. The molecule has 0 aromatic heterocycles. The van der Waals surface area contributed by atoms with E-state index in [-0.39, 0.29) is 23.6 Å². The molecule has 0 saturated carbocycles. The van der Waals surface area contributed by atoms with Gasteiger partial charge in [0.2, 0.25) is 0 Å². The smallest absolute Gasteiger partial charge is 0.337 e. The van der Waals surface area contributed by atoms with E-state index in [0.717, 1.165) is 0 Å². The molecule has 2 N–H and O–H groups in total. The summed E-state index contributed by atoms with van der Waals surface area (Å²) in [6.45, 7) is 7.12. The van der Waals surface area contributed by atoms with E-state index < -0.39 is 23.8 Å². The zero-order chi connectivity index (χ0) is 22.2. The van der Waals surface area contributed by atoms with Crippen LogP contribution in [0.5, 0.6) is 5.75 Å². The number of phenols is 1. The van der Waals surface area contributed by atoms with Crippen LogP contribution in [0.25, 0.3) is 0 Å². The highest BCUT2D eigenvalue weighted by Crippen LogP contribution is 2.45. The number of aromatic hydroxyl groups is 1. The van der Waals surface area contributed by atoms with E-state index in [2.05, 4.69) is 5.32 Å². The predicted molar refractivity (Wildman–Crippen MR) is 109 cm³/mol.